The van der Waals surface area contributed by atoms with E-state index in [-0.39, 0.29) is 0 Å². The van der Waals surface area contributed by atoms with E-state index in [4.69, 9.17) is 16.3 Å². The number of halogens is 1. The predicted octanol–water partition coefficient (Wildman–Crippen LogP) is 1.93. The van der Waals surface area contributed by atoms with Crippen molar-refractivity contribution in [1.29, 1.82) is 0 Å². The van der Waals surface area contributed by atoms with Crippen LogP contribution in [0.1, 0.15) is 13.3 Å². The largest absolute Gasteiger partial charge is 0.388 e. The van der Waals surface area contributed by atoms with Crippen molar-refractivity contribution in [1.82, 2.24) is 4.98 Å². The maximum atomic E-state index is 9.98. The highest BCUT2D eigenvalue weighted by molar-refractivity contribution is 6.32. The Bertz CT molecular complexity index is 332. The molecule has 0 radical (unpaired) electrons. The number of hydrogen-bond donors (Lipinski definition) is 2. The minimum atomic E-state index is -0.836. The molecule has 5 heteroatoms. The molecule has 16 heavy (non-hydrogen) atoms. The van der Waals surface area contributed by atoms with Gasteiger partial charge in [-0.25, -0.2) is 4.98 Å². The Hall–Kier alpha value is -0.840. The van der Waals surface area contributed by atoms with E-state index in [2.05, 4.69) is 10.3 Å². The number of pyridine rings is 1. The highest BCUT2D eigenvalue weighted by Crippen LogP contribution is 2.19. The Morgan fingerprint density at radius 3 is 3.00 bits per heavy atom. The molecule has 2 N–H and O–H groups in total. The molecule has 1 atom stereocenters. The maximum Gasteiger partial charge on any atom is 0.144 e. The summed E-state index contributed by atoms with van der Waals surface area (Å²) < 4.78 is 4.92. The van der Waals surface area contributed by atoms with Gasteiger partial charge in [-0.3, -0.25) is 0 Å². The lowest BCUT2D eigenvalue weighted by Gasteiger charge is -2.23. The average Bonchev–Trinajstić information content (AvgIpc) is 2.26. The van der Waals surface area contributed by atoms with Crippen LogP contribution in [0.25, 0.3) is 0 Å². The van der Waals surface area contributed by atoms with Crippen molar-refractivity contribution >= 4 is 17.4 Å². The summed E-state index contributed by atoms with van der Waals surface area (Å²) in [5, 5.41) is 13.5. The number of nitrogens with one attached hydrogen (secondary N) is 1. The topological polar surface area (TPSA) is 54.4 Å². The summed E-state index contributed by atoms with van der Waals surface area (Å²) in [5.74, 6) is 0.585. The first-order chi connectivity index (χ1) is 7.55. The molecule has 0 saturated carbocycles. The number of aliphatic hydroxyl groups is 1. The van der Waals surface area contributed by atoms with Gasteiger partial charge in [0.05, 0.1) is 10.6 Å². The van der Waals surface area contributed by atoms with Gasteiger partial charge in [-0.15, -0.1) is 0 Å². The Morgan fingerprint density at radius 1 is 1.62 bits per heavy atom. The molecule has 0 aliphatic carbocycles. The second kappa shape index (κ2) is 6.03. The molecule has 0 aliphatic rings. The minimum absolute atomic E-state index is 0.382. The van der Waals surface area contributed by atoms with Gasteiger partial charge in [-0.1, -0.05) is 11.6 Å². The van der Waals surface area contributed by atoms with Gasteiger partial charge in [0.15, 0.2) is 0 Å². The Morgan fingerprint density at radius 2 is 2.38 bits per heavy atom. The summed E-state index contributed by atoms with van der Waals surface area (Å²) >= 11 is 5.93. The van der Waals surface area contributed by atoms with E-state index in [9.17, 15) is 5.11 Å². The normalized spacial score (nSPS) is 14.5. The van der Waals surface area contributed by atoms with Crippen molar-refractivity contribution in [3.05, 3.63) is 23.4 Å². The van der Waals surface area contributed by atoms with Crippen LogP contribution in [0, 0.1) is 0 Å². The SMILES string of the molecule is COCCC(C)(O)CNc1ncccc1Cl. The molecule has 90 valence electrons. The molecule has 0 aromatic carbocycles. The first kappa shape index (κ1) is 13.2. The third-order valence-corrected chi connectivity index (χ3v) is 2.54. The number of ether oxygens (including phenoxy) is 1. The van der Waals surface area contributed by atoms with E-state index in [1.807, 2.05) is 0 Å². The maximum absolute atomic E-state index is 9.98. The minimum Gasteiger partial charge on any atom is -0.388 e. The first-order valence-corrected chi connectivity index (χ1v) is 5.49. The summed E-state index contributed by atoms with van der Waals surface area (Å²) in [4.78, 5) is 4.08. The summed E-state index contributed by atoms with van der Waals surface area (Å²) in [6, 6.07) is 3.51. The van der Waals surface area contributed by atoms with Gasteiger partial charge in [-0.05, 0) is 19.1 Å². The van der Waals surface area contributed by atoms with Gasteiger partial charge in [-0.2, -0.15) is 0 Å². The second-order valence-corrected chi connectivity index (χ2v) is 4.33. The van der Waals surface area contributed by atoms with Crippen molar-refractivity contribution in [2.45, 2.75) is 18.9 Å². The molecule has 0 bridgehead atoms. The van der Waals surface area contributed by atoms with Gasteiger partial charge in [0.1, 0.15) is 5.82 Å². The van der Waals surface area contributed by atoms with Gasteiger partial charge in [0, 0.05) is 32.9 Å². The fourth-order valence-electron chi connectivity index (χ4n) is 1.20. The zero-order chi connectivity index (χ0) is 12.0. The van der Waals surface area contributed by atoms with Crippen molar-refractivity contribution in [2.24, 2.45) is 0 Å². The van der Waals surface area contributed by atoms with Crippen LogP contribution in [0.4, 0.5) is 5.82 Å². The van der Waals surface area contributed by atoms with Gasteiger partial charge in [0.25, 0.3) is 0 Å². The molecule has 1 unspecified atom stereocenters. The fourth-order valence-corrected chi connectivity index (χ4v) is 1.39. The molecule has 0 fully saturated rings. The van der Waals surface area contributed by atoms with E-state index in [1.165, 1.54) is 0 Å². The highest BCUT2D eigenvalue weighted by atomic mass is 35.5. The molecule has 0 spiro atoms. The quantitative estimate of drug-likeness (QED) is 0.803. The summed E-state index contributed by atoms with van der Waals surface area (Å²) in [6.45, 7) is 2.65. The van der Waals surface area contributed by atoms with Crippen LogP contribution >= 0.6 is 11.6 Å². The van der Waals surface area contributed by atoms with E-state index < -0.39 is 5.60 Å². The van der Waals surface area contributed by atoms with E-state index in [0.29, 0.717) is 30.4 Å². The molecule has 0 aliphatic heterocycles. The summed E-state index contributed by atoms with van der Waals surface area (Å²) in [7, 11) is 1.61. The molecule has 4 nitrogen and oxygen atoms in total. The predicted molar refractivity (Wildman–Crippen MR) is 64.9 cm³/mol. The zero-order valence-corrected chi connectivity index (χ0v) is 10.3. The number of aromatic nitrogens is 1. The molecule has 1 aromatic rings. The van der Waals surface area contributed by atoms with E-state index >= 15 is 0 Å². The number of nitrogens with zero attached hydrogens (tertiary/aromatic N) is 1. The molecule has 1 heterocycles. The Balaban J connectivity index is 2.47. The lowest BCUT2D eigenvalue weighted by molar-refractivity contribution is 0.0357. The lowest BCUT2D eigenvalue weighted by atomic mass is 10.0. The van der Waals surface area contributed by atoms with Gasteiger partial charge < -0.3 is 15.2 Å². The molecular weight excluding hydrogens is 228 g/mol. The van der Waals surface area contributed by atoms with Crippen molar-refractivity contribution in [3.8, 4) is 0 Å². The summed E-state index contributed by atoms with van der Waals surface area (Å²) in [5.41, 5.74) is -0.836. The van der Waals surface area contributed by atoms with E-state index in [0.717, 1.165) is 0 Å². The summed E-state index contributed by atoms with van der Waals surface area (Å²) in [6.07, 6.45) is 2.21. The molecular formula is C11H17ClN2O2. The van der Waals surface area contributed by atoms with Crippen molar-refractivity contribution in [3.63, 3.8) is 0 Å². The third kappa shape index (κ3) is 4.35. The first-order valence-electron chi connectivity index (χ1n) is 5.11. The van der Waals surface area contributed by atoms with Crippen LogP contribution in [0.5, 0.6) is 0 Å². The van der Waals surface area contributed by atoms with Crippen LogP contribution in [0.15, 0.2) is 18.3 Å². The number of methoxy groups -OCH3 is 1. The van der Waals surface area contributed by atoms with Gasteiger partial charge in [0.2, 0.25) is 0 Å². The van der Waals surface area contributed by atoms with Crippen LogP contribution in [0.3, 0.4) is 0 Å². The lowest BCUT2D eigenvalue weighted by Crippen LogP contribution is -2.34. The smallest absolute Gasteiger partial charge is 0.144 e. The van der Waals surface area contributed by atoms with Crippen molar-refractivity contribution < 1.29 is 9.84 Å². The van der Waals surface area contributed by atoms with Crippen LogP contribution in [0.2, 0.25) is 5.02 Å². The second-order valence-electron chi connectivity index (χ2n) is 3.93. The highest BCUT2D eigenvalue weighted by Gasteiger charge is 2.20. The number of hydrogen-bond acceptors (Lipinski definition) is 4. The number of anilines is 1. The van der Waals surface area contributed by atoms with Crippen LogP contribution < -0.4 is 5.32 Å². The fraction of sp³-hybridized carbons (Fsp3) is 0.545. The zero-order valence-electron chi connectivity index (χ0n) is 9.53. The molecule has 1 aromatic heterocycles. The van der Waals surface area contributed by atoms with Gasteiger partial charge >= 0.3 is 0 Å². The third-order valence-electron chi connectivity index (χ3n) is 2.24. The van der Waals surface area contributed by atoms with E-state index in [1.54, 1.807) is 32.4 Å². The standard InChI is InChI=1S/C11H17ClN2O2/c1-11(15,5-7-16-2)8-14-10-9(12)4-3-6-13-10/h3-4,6,15H,5,7-8H2,1-2H3,(H,13,14). The Kier molecular flexibility index (Phi) is 4.99. The van der Waals surface area contributed by atoms with Crippen LogP contribution in [-0.2, 0) is 4.74 Å². The molecule has 0 amide bonds. The molecule has 0 saturated heterocycles. The monoisotopic (exact) mass is 244 g/mol. The Labute approximate surface area is 101 Å². The average molecular weight is 245 g/mol. The molecule has 1 rings (SSSR count). The van der Waals surface area contributed by atoms with Crippen molar-refractivity contribution in [2.75, 3.05) is 25.6 Å². The van der Waals surface area contributed by atoms with Crippen LogP contribution in [-0.4, -0.2) is 36.0 Å². The number of rotatable bonds is 6.